The van der Waals surface area contributed by atoms with Crippen molar-refractivity contribution in [2.24, 2.45) is 5.92 Å². The molecule has 0 N–H and O–H groups in total. The lowest BCUT2D eigenvalue weighted by Crippen LogP contribution is -2.31. The largest absolute Gasteiger partial charge is 0.342 e. The number of hydrogen-bond acceptors (Lipinski definition) is 2. The summed E-state index contributed by atoms with van der Waals surface area (Å²) in [5.41, 5.74) is 0. The second-order valence-electron chi connectivity index (χ2n) is 3.75. The second-order valence-corrected chi connectivity index (χ2v) is 3.75. The summed E-state index contributed by atoms with van der Waals surface area (Å²) in [6, 6.07) is 1.91. The number of rotatable bonds is 1. The average molecular weight is 180 g/mol. The molecule has 0 spiro atoms. The predicted molar refractivity (Wildman–Crippen MR) is 49.8 cm³/mol. The van der Waals surface area contributed by atoms with Gasteiger partial charge in [0.1, 0.15) is 6.42 Å². The first-order valence-corrected chi connectivity index (χ1v) is 4.88. The number of nitriles is 1. The highest BCUT2D eigenvalue weighted by Crippen LogP contribution is 2.16. The van der Waals surface area contributed by atoms with Crippen molar-refractivity contribution in [1.82, 2.24) is 4.90 Å². The summed E-state index contributed by atoms with van der Waals surface area (Å²) in [5.74, 6) is 0.719. The third kappa shape index (κ3) is 3.06. The van der Waals surface area contributed by atoms with Gasteiger partial charge in [0.05, 0.1) is 6.07 Å². The highest BCUT2D eigenvalue weighted by molar-refractivity contribution is 5.78. The third-order valence-electron chi connectivity index (χ3n) is 2.60. The summed E-state index contributed by atoms with van der Waals surface area (Å²) in [7, 11) is 0. The molecule has 72 valence electrons. The minimum atomic E-state index is -0.00315. The normalized spacial score (nSPS) is 23.4. The molecule has 1 unspecified atom stereocenters. The topological polar surface area (TPSA) is 44.1 Å². The smallest absolute Gasteiger partial charge is 0.236 e. The van der Waals surface area contributed by atoms with Crippen LogP contribution in [0.3, 0.4) is 0 Å². The molecule has 1 heterocycles. The zero-order chi connectivity index (χ0) is 9.68. The molecular formula is C10H16N2O. The van der Waals surface area contributed by atoms with Gasteiger partial charge in [-0.25, -0.2) is 0 Å². The molecular weight excluding hydrogens is 164 g/mol. The van der Waals surface area contributed by atoms with Gasteiger partial charge in [-0.05, 0) is 25.2 Å². The van der Waals surface area contributed by atoms with Gasteiger partial charge in [-0.3, -0.25) is 4.79 Å². The maximum absolute atomic E-state index is 11.4. The number of carbonyl (C=O) groups excluding carboxylic acids is 1. The minimum Gasteiger partial charge on any atom is -0.342 e. The molecule has 1 atom stereocenters. The van der Waals surface area contributed by atoms with Gasteiger partial charge in [-0.1, -0.05) is 6.92 Å². The maximum Gasteiger partial charge on any atom is 0.236 e. The van der Waals surface area contributed by atoms with Crippen LogP contribution in [0.15, 0.2) is 0 Å². The van der Waals surface area contributed by atoms with Crippen molar-refractivity contribution in [2.75, 3.05) is 13.1 Å². The molecule has 0 bridgehead atoms. The van der Waals surface area contributed by atoms with Crippen LogP contribution >= 0.6 is 0 Å². The van der Waals surface area contributed by atoms with E-state index in [1.165, 1.54) is 6.42 Å². The molecule has 0 aliphatic carbocycles. The van der Waals surface area contributed by atoms with E-state index in [0.29, 0.717) is 0 Å². The third-order valence-corrected chi connectivity index (χ3v) is 2.60. The maximum atomic E-state index is 11.4. The zero-order valence-electron chi connectivity index (χ0n) is 8.12. The van der Waals surface area contributed by atoms with Crippen molar-refractivity contribution in [1.29, 1.82) is 5.26 Å². The lowest BCUT2D eigenvalue weighted by molar-refractivity contribution is -0.130. The highest BCUT2D eigenvalue weighted by atomic mass is 16.2. The van der Waals surface area contributed by atoms with Crippen molar-refractivity contribution in [3.05, 3.63) is 0 Å². The SMILES string of the molecule is CC1CCCN(C(=O)CC#N)CC1. The van der Waals surface area contributed by atoms with Crippen LogP contribution in [0.25, 0.3) is 0 Å². The fourth-order valence-corrected chi connectivity index (χ4v) is 1.69. The van der Waals surface area contributed by atoms with E-state index in [1.807, 2.05) is 11.0 Å². The summed E-state index contributed by atoms with van der Waals surface area (Å²) in [4.78, 5) is 13.2. The van der Waals surface area contributed by atoms with Crippen LogP contribution in [-0.4, -0.2) is 23.9 Å². The number of amides is 1. The van der Waals surface area contributed by atoms with Gasteiger partial charge in [0, 0.05) is 13.1 Å². The number of carbonyl (C=O) groups is 1. The molecule has 0 aromatic heterocycles. The van der Waals surface area contributed by atoms with E-state index in [2.05, 4.69) is 6.92 Å². The van der Waals surface area contributed by atoms with E-state index >= 15 is 0 Å². The molecule has 1 fully saturated rings. The summed E-state index contributed by atoms with van der Waals surface area (Å²) in [6.45, 7) is 3.89. The lowest BCUT2D eigenvalue weighted by Gasteiger charge is -2.18. The molecule has 13 heavy (non-hydrogen) atoms. The lowest BCUT2D eigenvalue weighted by atomic mass is 10.0. The van der Waals surface area contributed by atoms with Crippen LogP contribution < -0.4 is 0 Å². The van der Waals surface area contributed by atoms with Gasteiger partial charge in [0.25, 0.3) is 0 Å². The second kappa shape index (κ2) is 4.86. The van der Waals surface area contributed by atoms with E-state index in [0.717, 1.165) is 31.8 Å². The Morgan fingerprint density at radius 2 is 2.31 bits per heavy atom. The number of nitrogens with zero attached hydrogens (tertiary/aromatic N) is 2. The molecule has 3 heteroatoms. The number of likely N-dealkylation sites (tertiary alicyclic amines) is 1. The molecule has 0 aromatic carbocycles. The Labute approximate surface area is 79.3 Å². The molecule has 0 radical (unpaired) electrons. The van der Waals surface area contributed by atoms with Gasteiger partial charge in [0.2, 0.25) is 5.91 Å². The molecule has 1 amide bonds. The average Bonchev–Trinajstić information content (AvgIpc) is 2.30. The van der Waals surface area contributed by atoms with E-state index in [1.54, 1.807) is 0 Å². The van der Waals surface area contributed by atoms with Crippen molar-refractivity contribution >= 4 is 5.91 Å². The summed E-state index contributed by atoms with van der Waals surface area (Å²) < 4.78 is 0. The van der Waals surface area contributed by atoms with Crippen molar-refractivity contribution in [3.63, 3.8) is 0 Å². The van der Waals surface area contributed by atoms with Crippen LogP contribution in [0.2, 0.25) is 0 Å². The Bertz CT molecular complexity index is 219. The first-order chi connectivity index (χ1) is 6.24. The van der Waals surface area contributed by atoms with E-state index in [9.17, 15) is 4.79 Å². The highest BCUT2D eigenvalue weighted by Gasteiger charge is 2.17. The standard InChI is InChI=1S/C10H16N2O/c1-9-3-2-7-12(8-5-9)10(13)4-6-11/h9H,2-5,7-8H2,1H3. The minimum absolute atomic E-state index is 0.00315. The molecule has 3 nitrogen and oxygen atoms in total. The Morgan fingerprint density at radius 3 is 3.00 bits per heavy atom. The Kier molecular flexibility index (Phi) is 3.75. The Balaban J connectivity index is 2.42. The van der Waals surface area contributed by atoms with Gasteiger partial charge < -0.3 is 4.90 Å². The van der Waals surface area contributed by atoms with Crippen molar-refractivity contribution in [3.8, 4) is 6.07 Å². The van der Waals surface area contributed by atoms with Gasteiger partial charge in [-0.2, -0.15) is 5.26 Å². The summed E-state index contributed by atoms with van der Waals surface area (Å²) >= 11 is 0. The van der Waals surface area contributed by atoms with E-state index in [4.69, 9.17) is 5.26 Å². The van der Waals surface area contributed by atoms with Gasteiger partial charge in [-0.15, -0.1) is 0 Å². The molecule has 1 aliphatic rings. The quantitative estimate of drug-likeness (QED) is 0.614. The molecule has 1 saturated heterocycles. The van der Waals surface area contributed by atoms with Crippen LogP contribution in [0.5, 0.6) is 0 Å². The first kappa shape index (κ1) is 10.0. The van der Waals surface area contributed by atoms with Crippen LogP contribution in [-0.2, 0) is 4.79 Å². The molecule has 1 rings (SSSR count). The van der Waals surface area contributed by atoms with Crippen molar-refractivity contribution < 1.29 is 4.79 Å². The molecule has 1 aliphatic heterocycles. The van der Waals surface area contributed by atoms with E-state index < -0.39 is 0 Å². The molecule has 0 saturated carbocycles. The number of hydrogen-bond donors (Lipinski definition) is 0. The van der Waals surface area contributed by atoms with Gasteiger partial charge >= 0.3 is 0 Å². The zero-order valence-corrected chi connectivity index (χ0v) is 8.12. The van der Waals surface area contributed by atoms with Crippen LogP contribution in [0, 0.1) is 17.2 Å². The summed E-state index contributed by atoms with van der Waals surface area (Å²) in [6.07, 6.45) is 3.40. The predicted octanol–water partition coefficient (Wildman–Crippen LogP) is 1.55. The fourth-order valence-electron chi connectivity index (χ4n) is 1.69. The monoisotopic (exact) mass is 180 g/mol. The van der Waals surface area contributed by atoms with Crippen LogP contribution in [0.4, 0.5) is 0 Å². The van der Waals surface area contributed by atoms with Crippen LogP contribution in [0.1, 0.15) is 32.6 Å². The van der Waals surface area contributed by atoms with Gasteiger partial charge in [0.15, 0.2) is 0 Å². The Hall–Kier alpha value is -1.04. The molecule has 0 aromatic rings. The van der Waals surface area contributed by atoms with Crippen molar-refractivity contribution in [2.45, 2.75) is 32.6 Å². The first-order valence-electron chi connectivity index (χ1n) is 4.88. The van der Waals surface area contributed by atoms with E-state index in [-0.39, 0.29) is 12.3 Å². The fraction of sp³-hybridized carbons (Fsp3) is 0.800. The summed E-state index contributed by atoms with van der Waals surface area (Å²) in [5, 5.41) is 8.39. The Morgan fingerprint density at radius 1 is 1.54 bits per heavy atom.